The molecule has 2 rings (SSSR count). The molecule has 1 aromatic rings. The molecule has 2 heteroatoms. The van der Waals surface area contributed by atoms with Crippen molar-refractivity contribution in [2.24, 2.45) is 0 Å². The molecule has 2 nitrogen and oxygen atoms in total. The van der Waals surface area contributed by atoms with Crippen molar-refractivity contribution in [2.45, 2.75) is 52.7 Å². The van der Waals surface area contributed by atoms with E-state index in [1.54, 1.807) is 0 Å². The second-order valence-electron chi connectivity index (χ2n) is 5.03. The molecule has 0 unspecified atom stereocenters. The zero-order valence-corrected chi connectivity index (χ0v) is 10.1. The summed E-state index contributed by atoms with van der Waals surface area (Å²) in [6.45, 7) is 11.1. The van der Waals surface area contributed by atoms with Gasteiger partial charge in [-0.25, -0.2) is 0 Å². The van der Waals surface area contributed by atoms with Crippen LogP contribution in [0.5, 0.6) is 0 Å². The van der Waals surface area contributed by atoms with E-state index in [0.717, 1.165) is 13.1 Å². The molecule has 2 heterocycles. The van der Waals surface area contributed by atoms with Crippen LogP contribution in [0.2, 0.25) is 0 Å². The van der Waals surface area contributed by atoms with Gasteiger partial charge in [0.25, 0.3) is 0 Å². The van der Waals surface area contributed by atoms with Crippen LogP contribution in [0, 0.1) is 0 Å². The number of nitrogens with zero attached hydrogens (tertiary/aromatic N) is 2. The number of fused-ring (bicyclic) bond motifs is 1. The molecule has 1 aliphatic rings. The van der Waals surface area contributed by atoms with Crippen molar-refractivity contribution in [3.63, 3.8) is 0 Å². The first-order valence-electron chi connectivity index (χ1n) is 5.79. The summed E-state index contributed by atoms with van der Waals surface area (Å²) in [5.74, 6) is 0.531. The van der Waals surface area contributed by atoms with Crippen molar-refractivity contribution in [3.8, 4) is 0 Å². The Morgan fingerprint density at radius 1 is 1.13 bits per heavy atom. The molecule has 0 radical (unpaired) electrons. The lowest BCUT2D eigenvalue weighted by atomic mass is 10.1. The van der Waals surface area contributed by atoms with Crippen LogP contribution >= 0.6 is 0 Å². The minimum Gasteiger partial charge on any atom is -0.292 e. The van der Waals surface area contributed by atoms with Gasteiger partial charge in [-0.1, -0.05) is 13.8 Å². The molecule has 0 fully saturated rings. The Balaban J connectivity index is 2.24. The van der Waals surface area contributed by atoms with Crippen LogP contribution in [0.4, 0.5) is 0 Å². The van der Waals surface area contributed by atoms with Crippen LogP contribution in [0.25, 0.3) is 0 Å². The zero-order chi connectivity index (χ0) is 11.0. The van der Waals surface area contributed by atoms with Crippen molar-refractivity contribution in [1.82, 2.24) is 9.88 Å². The van der Waals surface area contributed by atoms with Crippen LogP contribution in [0.1, 0.15) is 50.4 Å². The largest absolute Gasteiger partial charge is 0.292 e. The first kappa shape index (κ1) is 10.6. The lowest BCUT2D eigenvalue weighted by Crippen LogP contribution is -2.24. The van der Waals surface area contributed by atoms with Gasteiger partial charge in [0.05, 0.1) is 0 Å². The second-order valence-corrected chi connectivity index (χ2v) is 5.03. The average Bonchev–Trinajstić information content (AvgIpc) is 2.59. The molecule has 0 spiro atoms. The van der Waals surface area contributed by atoms with Gasteiger partial charge in [-0.3, -0.25) is 9.88 Å². The van der Waals surface area contributed by atoms with Gasteiger partial charge in [0.15, 0.2) is 0 Å². The van der Waals surface area contributed by atoms with Crippen molar-refractivity contribution in [3.05, 3.63) is 29.1 Å². The minimum absolute atomic E-state index is 0.531. The highest BCUT2D eigenvalue weighted by molar-refractivity contribution is 5.31. The molecule has 0 bridgehead atoms. The first-order chi connectivity index (χ1) is 7.08. The van der Waals surface area contributed by atoms with E-state index in [-0.39, 0.29) is 0 Å². The molecule has 1 aliphatic heterocycles. The van der Waals surface area contributed by atoms with E-state index in [1.165, 1.54) is 16.8 Å². The van der Waals surface area contributed by atoms with E-state index in [4.69, 9.17) is 0 Å². The van der Waals surface area contributed by atoms with Crippen molar-refractivity contribution in [2.75, 3.05) is 0 Å². The third kappa shape index (κ3) is 2.05. The summed E-state index contributed by atoms with van der Waals surface area (Å²) in [5, 5.41) is 0. The van der Waals surface area contributed by atoms with E-state index < -0.39 is 0 Å². The number of rotatable bonds is 2. The van der Waals surface area contributed by atoms with Gasteiger partial charge in [0.1, 0.15) is 0 Å². The van der Waals surface area contributed by atoms with E-state index in [2.05, 4.69) is 49.8 Å². The predicted octanol–water partition coefficient (Wildman–Crippen LogP) is 2.93. The fraction of sp³-hybridized carbons (Fsp3) is 0.615. The highest BCUT2D eigenvalue weighted by Gasteiger charge is 2.21. The minimum atomic E-state index is 0.531. The number of pyridine rings is 1. The van der Waals surface area contributed by atoms with E-state index in [9.17, 15) is 0 Å². The maximum Gasteiger partial charge on any atom is 0.0432 e. The molecule has 0 saturated heterocycles. The lowest BCUT2D eigenvalue weighted by molar-refractivity contribution is 0.227. The van der Waals surface area contributed by atoms with Crippen molar-refractivity contribution in [1.29, 1.82) is 0 Å². The van der Waals surface area contributed by atoms with Gasteiger partial charge >= 0.3 is 0 Å². The van der Waals surface area contributed by atoms with Gasteiger partial charge in [0.2, 0.25) is 0 Å². The van der Waals surface area contributed by atoms with Gasteiger partial charge < -0.3 is 0 Å². The smallest absolute Gasteiger partial charge is 0.0432 e. The molecule has 0 N–H and O–H groups in total. The fourth-order valence-electron chi connectivity index (χ4n) is 2.01. The Bertz CT molecular complexity index is 356. The second kappa shape index (κ2) is 3.93. The monoisotopic (exact) mass is 204 g/mol. The van der Waals surface area contributed by atoms with Gasteiger partial charge in [-0.05, 0) is 37.0 Å². The Hall–Kier alpha value is -0.890. The molecule has 0 atom stereocenters. The average molecular weight is 204 g/mol. The summed E-state index contributed by atoms with van der Waals surface area (Å²) >= 11 is 0. The number of aromatic nitrogens is 1. The fourth-order valence-corrected chi connectivity index (χ4v) is 2.01. The zero-order valence-electron chi connectivity index (χ0n) is 10.1. The maximum atomic E-state index is 4.52. The summed E-state index contributed by atoms with van der Waals surface area (Å²) in [6.07, 6.45) is 2.06. The van der Waals surface area contributed by atoms with E-state index in [1.807, 2.05) is 0 Å². The van der Waals surface area contributed by atoms with Gasteiger partial charge in [-0.15, -0.1) is 0 Å². The summed E-state index contributed by atoms with van der Waals surface area (Å²) in [7, 11) is 0. The van der Waals surface area contributed by atoms with Crippen LogP contribution < -0.4 is 0 Å². The quantitative estimate of drug-likeness (QED) is 0.736. The van der Waals surface area contributed by atoms with Gasteiger partial charge in [-0.2, -0.15) is 0 Å². The molecule has 0 aromatic carbocycles. The standard InChI is InChI=1S/C13H20N2/c1-9(2)13-5-11-7-15(10(3)4)8-12(11)6-14-13/h5-6,9-10H,7-8H2,1-4H3. The van der Waals surface area contributed by atoms with E-state index >= 15 is 0 Å². The van der Waals surface area contributed by atoms with Crippen molar-refractivity contribution >= 4 is 0 Å². The van der Waals surface area contributed by atoms with Crippen molar-refractivity contribution < 1.29 is 0 Å². The van der Waals surface area contributed by atoms with E-state index in [0.29, 0.717) is 12.0 Å². The normalized spacial score (nSPS) is 16.4. The third-order valence-corrected chi connectivity index (χ3v) is 3.17. The maximum absolute atomic E-state index is 4.52. The van der Waals surface area contributed by atoms with Crippen LogP contribution in [0.3, 0.4) is 0 Å². The summed E-state index contributed by atoms with van der Waals surface area (Å²) in [5.41, 5.74) is 4.11. The summed E-state index contributed by atoms with van der Waals surface area (Å²) in [4.78, 5) is 7.00. The number of hydrogen-bond acceptors (Lipinski definition) is 2. The summed E-state index contributed by atoms with van der Waals surface area (Å²) < 4.78 is 0. The Morgan fingerprint density at radius 2 is 1.80 bits per heavy atom. The lowest BCUT2D eigenvalue weighted by Gasteiger charge is -2.18. The predicted molar refractivity (Wildman–Crippen MR) is 62.7 cm³/mol. The molecular formula is C13H20N2. The Kier molecular flexibility index (Phi) is 2.79. The molecule has 1 aromatic heterocycles. The third-order valence-electron chi connectivity index (χ3n) is 3.17. The molecule has 15 heavy (non-hydrogen) atoms. The SMILES string of the molecule is CC(C)c1cc2c(cn1)CN(C(C)C)C2. The highest BCUT2D eigenvalue weighted by atomic mass is 15.2. The Morgan fingerprint density at radius 3 is 2.40 bits per heavy atom. The molecule has 82 valence electrons. The molecule has 0 saturated carbocycles. The van der Waals surface area contributed by atoms with Crippen LogP contribution in [-0.2, 0) is 13.1 Å². The number of hydrogen-bond donors (Lipinski definition) is 0. The Labute approximate surface area is 92.3 Å². The molecular weight excluding hydrogens is 184 g/mol. The first-order valence-corrected chi connectivity index (χ1v) is 5.79. The molecule has 0 aliphatic carbocycles. The summed E-state index contributed by atoms with van der Waals surface area (Å²) in [6, 6.07) is 2.91. The highest BCUT2D eigenvalue weighted by Crippen LogP contribution is 2.26. The van der Waals surface area contributed by atoms with Crippen LogP contribution in [-0.4, -0.2) is 15.9 Å². The van der Waals surface area contributed by atoms with Gasteiger partial charge in [0, 0.05) is 31.0 Å². The molecule has 0 amide bonds. The van der Waals surface area contributed by atoms with Crippen LogP contribution in [0.15, 0.2) is 12.3 Å². The topological polar surface area (TPSA) is 16.1 Å².